The number of amides is 1. The van der Waals surface area contributed by atoms with Gasteiger partial charge in [0.2, 0.25) is 5.78 Å². The monoisotopic (exact) mass is 377 g/mol. The zero-order valence-electron chi connectivity index (χ0n) is 15.3. The van der Waals surface area contributed by atoms with Gasteiger partial charge in [0.1, 0.15) is 12.1 Å². The van der Waals surface area contributed by atoms with Gasteiger partial charge in [-0.1, -0.05) is 48.5 Å². The highest BCUT2D eigenvalue weighted by molar-refractivity contribution is 6.36. The Balaban J connectivity index is 1.53. The first-order chi connectivity index (χ1) is 13.6. The normalized spacial score (nSPS) is 10.5. The number of nitrogens with one attached hydrogen (secondary N) is 1. The molecule has 1 amide bonds. The van der Waals surface area contributed by atoms with Crippen molar-refractivity contribution >= 4 is 11.7 Å². The van der Waals surface area contributed by atoms with Crippen molar-refractivity contribution in [3.63, 3.8) is 0 Å². The van der Waals surface area contributed by atoms with Gasteiger partial charge < -0.3 is 5.32 Å². The molecule has 2 aromatic carbocycles. The molecule has 1 heterocycles. The summed E-state index contributed by atoms with van der Waals surface area (Å²) in [6.45, 7) is -0.0383. The van der Waals surface area contributed by atoms with E-state index in [1.165, 1.54) is 18.0 Å². The predicted molar refractivity (Wildman–Crippen MR) is 103 cm³/mol. The third kappa shape index (κ3) is 5.54. The van der Waals surface area contributed by atoms with Gasteiger partial charge in [-0.3, -0.25) is 9.59 Å². The SMILES string of the molecule is O=C(Cc1cc(CCc2ccccc2)ncn1)C(=O)NCc1ccccc1F. The van der Waals surface area contributed by atoms with Gasteiger partial charge in [0.25, 0.3) is 5.91 Å². The highest BCUT2D eigenvalue weighted by Crippen LogP contribution is 2.08. The van der Waals surface area contributed by atoms with Crippen LogP contribution in [0, 0.1) is 5.82 Å². The van der Waals surface area contributed by atoms with E-state index in [0.717, 1.165) is 12.1 Å². The van der Waals surface area contributed by atoms with E-state index in [9.17, 15) is 14.0 Å². The van der Waals surface area contributed by atoms with Crippen molar-refractivity contribution in [1.82, 2.24) is 15.3 Å². The first-order valence-corrected chi connectivity index (χ1v) is 9.00. The molecule has 0 saturated heterocycles. The molecule has 3 aromatic rings. The highest BCUT2D eigenvalue weighted by Gasteiger charge is 2.16. The third-order valence-corrected chi connectivity index (χ3v) is 4.29. The Morgan fingerprint density at radius 1 is 0.893 bits per heavy atom. The summed E-state index contributed by atoms with van der Waals surface area (Å²) in [5.74, 6) is -1.80. The van der Waals surface area contributed by atoms with Crippen LogP contribution in [-0.4, -0.2) is 21.7 Å². The smallest absolute Gasteiger partial charge is 0.288 e. The van der Waals surface area contributed by atoms with Gasteiger partial charge in [-0.2, -0.15) is 0 Å². The molecular formula is C22H20FN3O2. The Morgan fingerprint density at radius 2 is 1.61 bits per heavy atom. The van der Waals surface area contributed by atoms with Crippen molar-refractivity contribution < 1.29 is 14.0 Å². The Bertz CT molecular complexity index is 961. The number of carbonyl (C=O) groups excluding carboxylic acids is 2. The van der Waals surface area contributed by atoms with E-state index in [2.05, 4.69) is 15.3 Å². The number of Topliss-reactive ketones (excluding diaryl/α,β-unsaturated/α-hetero) is 1. The van der Waals surface area contributed by atoms with Crippen molar-refractivity contribution in [3.05, 3.63) is 95.3 Å². The number of aromatic nitrogens is 2. The second-order valence-corrected chi connectivity index (χ2v) is 6.36. The summed E-state index contributed by atoms with van der Waals surface area (Å²) < 4.78 is 13.6. The van der Waals surface area contributed by atoms with Crippen LogP contribution in [0.4, 0.5) is 4.39 Å². The summed E-state index contributed by atoms with van der Waals surface area (Å²) >= 11 is 0. The van der Waals surface area contributed by atoms with Crippen LogP contribution in [0.1, 0.15) is 22.5 Å². The average molecular weight is 377 g/mol. The molecule has 1 N–H and O–H groups in total. The zero-order valence-corrected chi connectivity index (χ0v) is 15.3. The molecule has 0 aliphatic rings. The number of carbonyl (C=O) groups is 2. The third-order valence-electron chi connectivity index (χ3n) is 4.29. The van der Waals surface area contributed by atoms with E-state index in [0.29, 0.717) is 17.7 Å². The summed E-state index contributed by atoms with van der Waals surface area (Å²) in [6.07, 6.45) is 2.83. The van der Waals surface area contributed by atoms with Gasteiger partial charge in [0, 0.05) is 17.8 Å². The maximum absolute atomic E-state index is 13.6. The molecule has 0 unspecified atom stereocenters. The second-order valence-electron chi connectivity index (χ2n) is 6.36. The molecule has 0 aliphatic heterocycles. The van der Waals surface area contributed by atoms with Crippen molar-refractivity contribution in [1.29, 1.82) is 0 Å². The predicted octanol–water partition coefficient (Wildman–Crippen LogP) is 2.83. The molecular weight excluding hydrogens is 357 g/mol. The van der Waals surface area contributed by atoms with Crippen molar-refractivity contribution in [2.75, 3.05) is 0 Å². The van der Waals surface area contributed by atoms with E-state index in [-0.39, 0.29) is 13.0 Å². The van der Waals surface area contributed by atoms with Crippen LogP contribution in [0.2, 0.25) is 0 Å². The lowest BCUT2D eigenvalue weighted by Gasteiger charge is -2.06. The Labute approximate surface area is 162 Å². The van der Waals surface area contributed by atoms with Crippen LogP contribution in [0.25, 0.3) is 0 Å². The number of nitrogens with zero attached hydrogens (tertiary/aromatic N) is 2. The Hall–Kier alpha value is -3.41. The van der Waals surface area contributed by atoms with Crippen molar-refractivity contribution in [2.45, 2.75) is 25.8 Å². The summed E-state index contributed by atoms with van der Waals surface area (Å²) in [4.78, 5) is 32.4. The molecule has 0 spiro atoms. The first-order valence-electron chi connectivity index (χ1n) is 9.00. The van der Waals surface area contributed by atoms with E-state index >= 15 is 0 Å². The number of ketones is 1. The molecule has 0 bridgehead atoms. The standard InChI is InChI=1S/C22H20FN3O2/c23-20-9-5-4-8-17(20)14-24-22(28)21(27)13-19-12-18(25-15-26-19)11-10-16-6-2-1-3-7-16/h1-9,12,15H,10-11,13-14H2,(H,24,28). The maximum Gasteiger partial charge on any atom is 0.288 e. The van der Waals surface area contributed by atoms with E-state index < -0.39 is 17.5 Å². The zero-order chi connectivity index (χ0) is 19.8. The first kappa shape index (κ1) is 19.4. The van der Waals surface area contributed by atoms with Crippen LogP contribution in [0.5, 0.6) is 0 Å². The number of hydrogen-bond acceptors (Lipinski definition) is 4. The molecule has 5 nitrogen and oxygen atoms in total. The van der Waals surface area contributed by atoms with Gasteiger partial charge in [0.15, 0.2) is 0 Å². The Kier molecular flexibility index (Phi) is 6.57. The van der Waals surface area contributed by atoms with Gasteiger partial charge in [0.05, 0.1) is 12.1 Å². The molecule has 0 atom stereocenters. The quantitative estimate of drug-likeness (QED) is 0.613. The lowest BCUT2D eigenvalue weighted by Crippen LogP contribution is -2.32. The fourth-order valence-electron chi connectivity index (χ4n) is 2.76. The van der Waals surface area contributed by atoms with Crippen molar-refractivity contribution in [3.8, 4) is 0 Å². The maximum atomic E-state index is 13.6. The lowest BCUT2D eigenvalue weighted by atomic mass is 10.1. The van der Waals surface area contributed by atoms with Crippen LogP contribution in [0.3, 0.4) is 0 Å². The summed E-state index contributed by atoms with van der Waals surface area (Å²) in [5.41, 5.74) is 2.83. The van der Waals surface area contributed by atoms with E-state index in [1.54, 1.807) is 24.3 Å². The number of rotatable bonds is 8. The number of hydrogen-bond donors (Lipinski definition) is 1. The summed E-state index contributed by atoms with van der Waals surface area (Å²) in [5, 5.41) is 2.45. The minimum atomic E-state index is -0.757. The molecule has 0 saturated carbocycles. The molecule has 142 valence electrons. The topological polar surface area (TPSA) is 72.0 Å². The molecule has 3 rings (SSSR count). The highest BCUT2D eigenvalue weighted by atomic mass is 19.1. The van der Waals surface area contributed by atoms with Crippen LogP contribution >= 0.6 is 0 Å². The van der Waals surface area contributed by atoms with Crippen LogP contribution in [-0.2, 0) is 35.4 Å². The fraction of sp³-hybridized carbons (Fsp3) is 0.182. The van der Waals surface area contributed by atoms with Crippen LogP contribution in [0.15, 0.2) is 67.0 Å². The summed E-state index contributed by atoms with van der Waals surface area (Å²) in [6, 6.07) is 17.9. The van der Waals surface area contributed by atoms with E-state index in [4.69, 9.17) is 0 Å². The number of benzene rings is 2. The van der Waals surface area contributed by atoms with Crippen molar-refractivity contribution in [2.24, 2.45) is 0 Å². The molecule has 28 heavy (non-hydrogen) atoms. The Morgan fingerprint density at radius 3 is 2.39 bits per heavy atom. The largest absolute Gasteiger partial charge is 0.345 e. The average Bonchev–Trinajstić information content (AvgIpc) is 2.72. The number of aryl methyl sites for hydroxylation is 2. The van der Waals surface area contributed by atoms with Gasteiger partial charge >= 0.3 is 0 Å². The van der Waals surface area contributed by atoms with E-state index in [1.807, 2.05) is 30.3 Å². The van der Waals surface area contributed by atoms with Gasteiger partial charge in [-0.25, -0.2) is 14.4 Å². The molecule has 1 aromatic heterocycles. The fourth-order valence-corrected chi connectivity index (χ4v) is 2.76. The second kappa shape index (κ2) is 9.50. The molecule has 0 aliphatic carbocycles. The van der Waals surface area contributed by atoms with Gasteiger partial charge in [-0.15, -0.1) is 0 Å². The minimum absolute atomic E-state index is 0.0383. The van der Waals surface area contributed by atoms with Crippen LogP contribution < -0.4 is 5.32 Å². The summed E-state index contributed by atoms with van der Waals surface area (Å²) in [7, 11) is 0. The molecule has 6 heteroatoms. The molecule has 0 radical (unpaired) electrons. The lowest BCUT2D eigenvalue weighted by molar-refractivity contribution is -0.137. The number of halogens is 1. The van der Waals surface area contributed by atoms with Gasteiger partial charge in [-0.05, 0) is 30.5 Å². The minimum Gasteiger partial charge on any atom is -0.345 e. The molecule has 0 fully saturated rings.